The Labute approximate surface area is 89.8 Å². The van der Waals surface area contributed by atoms with Crippen molar-refractivity contribution < 1.29 is 9.59 Å². The lowest BCUT2D eigenvalue weighted by Gasteiger charge is -2.42. The third kappa shape index (κ3) is 2.28. The standard InChI is InChI=1S/C10H19N3O2/c1-3-5-10(2,12)9(15)13-6-4-7(13)8(11)14/h7H,3-6,12H2,1-2H3,(H2,11,14). The molecule has 2 amide bonds. The van der Waals surface area contributed by atoms with Gasteiger partial charge < -0.3 is 16.4 Å². The van der Waals surface area contributed by atoms with Gasteiger partial charge in [-0.1, -0.05) is 13.3 Å². The van der Waals surface area contributed by atoms with E-state index in [0.717, 1.165) is 6.42 Å². The Hall–Kier alpha value is -1.10. The molecule has 0 saturated carbocycles. The monoisotopic (exact) mass is 213 g/mol. The summed E-state index contributed by atoms with van der Waals surface area (Å²) in [5.74, 6) is -0.610. The van der Waals surface area contributed by atoms with Crippen LogP contribution in [0.5, 0.6) is 0 Å². The molecule has 0 aromatic heterocycles. The molecule has 1 fully saturated rings. The van der Waals surface area contributed by atoms with Gasteiger partial charge in [0.1, 0.15) is 6.04 Å². The predicted octanol–water partition coefficient (Wildman–Crippen LogP) is -0.410. The minimum Gasteiger partial charge on any atom is -0.368 e. The van der Waals surface area contributed by atoms with E-state index in [4.69, 9.17) is 11.5 Å². The number of nitrogens with zero attached hydrogens (tertiary/aromatic N) is 1. The van der Waals surface area contributed by atoms with Gasteiger partial charge in [-0.3, -0.25) is 9.59 Å². The van der Waals surface area contributed by atoms with Crippen LogP contribution in [0.3, 0.4) is 0 Å². The van der Waals surface area contributed by atoms with Gasteiger partial charge in [-0.2, -0.15) is 0 Å². The molecule has 1 heterocycles. The van der Waals surface area contributed by atoms with Crippen molar-refractivity contribution in [3.63, 3.8) is 0 Å². The lowest BCUT2D eigenvalue weighted by molar-refractivity contribution is -0.150. The minimum absolute atomic E-state index is 0.167. The van der Waals surface area contributed by atoms with E-state index in [0.29, 0.717) is 19.4 Å². The normalized spacial score (nSPS) is 24.2. The maximum atomic E-state index is 11.9. The molecule has 1 rings (SSSR count). The van der Waals surface area contributed by atoms with Gasteiger partial charge in [0.2, 0.25) is 11.8 Å². The average Bonchev–Trinajstić information content (AvgIpc) is 2.00. The molecular formula is C10H19N3O2. The van der Waals surface area contributed by atoms with E-state index in [1.165, 1.54) is 4.90 Å². The average molecular weight is 213 g/mol. The highest BCUT2D eigenvalue weighted by Gasteiger charge is 2.42. The van der Waals surface area contributed by atoms with Crippen molar-refractivity contribution in [2.24, 2.45) is 11.5 Å². The number of hydrogen-bond acceptors (Lipinski definition) is 3. The van der Waals surface area contributed by atoms with E-state index in [9.17, 15) is 9.59 Å². The van der Waals surface area contributed by atoms with Crippen molar-refractivity contribution in [2.75, 3.05) is 6.54 Å². The predicted molar refractivity (Wildman–Crippen MR) is 56.8 cm³/mol. The number of amides is 2. The first-order chi connectivity index (χ1) is 6.90. The highest BCUT2D eigenvalue weighted by molar-refractivity contribution is 5.92. The van der Waals surface area contributed by atoms with Crippen molar-refractivity contribution in [1.82, 2.24) is 4.90 Å². The largest absolute Gasteiger partial charge is 0.368 e. The molecule has 2 atom stereocenters. The number of carbonyl (C=O) groups is 2. The molecule has 0 radical (unpaired) electrons. The van der Waals surface area contributed by atoms with E-state index < -0.39 is 17.5 Å². The first kappa shape index (κ1) is 12.0. The number of likely N-dealkylation sites (tertiary alicyclic amines) is 1. The Kier molecular flexibility index (Phi) is 3.34. The highest BCUT2D eigenvalue weighted by Crippen LogP contribution is 2.22. The van der Waals surface area contributed by atoms with Crippen LogP contribution in [-0.4, -0.2) is 34.8 Å². The zero-order chi connectivity index (χ0) is 11.6. The zero-order valence-corrected chi connectivity index (χ0v) is 9.32. The van der Waals surface area contributed by atoms with Crippen molar-refractivity contribution in [2.45, 2.75) is 44.7 Å². The van der Waals surface area contributed by atoms with Gasteiger partial charge in [0, 0.05) is 6.54 Å². The third-order valence-corrected chi connectivity index (χ3v) is 2.87. The topological polar surface area (TPSA) is 89.4 Å². The Balaban J connectivity index is 2.65. The Morgan fingerprint density at radius 3 is 2.47 bits per heavy atom. The van der Waals surface area contributed by atoms with E-state index >= 15 is 0 Å². The maximum Gasteiger partial charge on any atom is 0.243 e. The molecule has 0 aromatic carbocycles. The van der Waals surface area contributed by atoms with Gasteiger partial charge in [-0.15, -0.1) is 0 Å². The quantitative estimate of drug-likeness (QED) is 0.665. The van der Waals surface area contributed by atoms with Gasteiger partial charge in [0.05, 0.1) is 5.54 Å². The zero-order valence-electron chi connectivity index (χ0n) is 9.32. The number of carbonyl (C=O) groups excluding carboxylic acids is 2. The molecule has 1 aliphatic rings. The number of primary amides is 1. The van der Waals surface area contributed by atoms with Crippen LogP contribution < -0.4 is 11.5 Å². The molecule has 0 aromatic rings. The molecule has 86 valence electrons. The summed E-state index contributed by atoms with van der Waals surface area (Å²) in [5, 5.41) is 0. The molecule has 4 N–H and O–H groups in total. The van der Waals surface area contributed by atoms with Crippen LogP contribution in [0.1, 0.15) is 33.1 Å². The van der Waals surface area contributed by atoms with Crippen LogP contribution in [0.25, 0.3) is 0 Å². The lowest BCUT2D eigenvalue weighted by Crippen LogP contribution is -2.64. The fourth-order valence-corrected chi connectivity index (χ4v) is 1.88. The van der Waals surface area contributed by atoms with Crippen LogP contribution in [0.4, 0.5) is 0 Å². The van der Waals surface area contributed by atoms with Crippen LogP contribution in [0.15, 0.2) is 0 Å². The minimum atomic E-state index is -0.872. The van der Waals surface area contributed by atoms with Crippen molar-refractivity contribution in [3.05, 3.63) is 0 Å². The summed E-state index contributed by atoms with van der Waals surface area (Å²) in [6.45, 7) is 4.26. The van der Waals surface area contributed by atoms with E-state index in [1.54, 1.807) is 6.92 Å². The van der Waals surface area contributed by atoms with Crippen molar-refractivity contribution >= 4 is 11.8 Å². The van der Waals surface area contributed by atoms with Gasteiger partial charge >= 0.3 is 0 Å². The SMILES string of the molecule is CCCC(C)(N)C(=O)N1CCC1C(N)=O. The molecule has 0 aliphatic carbocycles. The molecule has 0 spiro atoms. The number of rotatable bonds is 4. The Morgan fingerprint density at radius 2 is 2.13 bits per heavy atom. The molecule has 2 unspecified atom stereocenters. The summed E-state index contributed by atoms with van der Waals surface area (Å²) in [6.07, 6.45) is 2.12. The molecule has 5 nitrogen and oxygen atoms in total. The highest BCUT2D eigenvalue weighted by atomic mass is 16.2. The number of nitrogens with two attached hydrogens (primary N) is 2. The molecule has 1 saturated heterocycles. The maximum absolute atomic E-state index is 11.9. The summed E-state index contributed by atoms with van der Waals surface area (Å²) in [7, 11) is 0. The summed E-state index contributed by atoms with van der Waals surface area (Å²) in [6, 6.07) is -0.447. The van der Waals surface area contributed by atoms with Crippen molar-refractivity contribution in [1.29, 1.82) is 0 Å². The third-order valence-electron chi connectivity index (χ3n) is 2.87. The Bertz CT molecular complexity index is 276. The second-order valence-corrected chi connectivity index (χ2v) is 4.37. The molecule has 5 heteroatoms. The van der Waals surface area contributed by atoms with Crippen LogP contribution in [0.2, 0.25) is 0 Å². The molecular weight excluding hydrogens is 194 g/mol. The van der Waals surface area contributed by atoms with Crippen molar-refractivity contribution in [3.8, 4) is 0 Å². The van der Waals surface area contributed by atoms with E-state index in [2.05, 4.69) is 0 Å². The van der Waals surface area contributed by atoms with Crippen LogP contribution in [0, 0.1) is 0 Å². The van der Waals surface area contributed by atoms with Crippen LogP contribution >= 0.6 is 0 Å². The summed E-state index contributed by atoms with van der Waals surface area (Å²) in [4.78, 5) is 24.4. The lowest BCUT2D eigenvalue weighted by atomic mass is 9.91. The fourth-order valence-electron chi connectivity index (χ4n) is 1.88. The Morgan fingerprint density at radius 1 is 1.53 bits per heavy atom. The van der Waals surface area contributed by atoms with E-state index in [-0.39, 0.29) is 5.91 Å². The van der Waals surface area contributed by atoms with Gasteiger partial charge in [0.25, 0.3) is 0 Å². The molecule has 15 heavy (non-hydrogen) atoms. The fraction of sp³-hybridized carbons (Fsp3) is 0.800. The second-order valence-electron chi connectivity index (χ2n) is 4.37. The van der Waals surface area contributed by atoms with Gasteiger partial charge in [-0.25, -0.2) is 0 Å². The second kappa shape index (κ2) is 4.18. The first-order valence-corrected chi connectivity index (χ1v) is 5.29. The first-order valence-electron chi connectivity index (χ1n) is 5.29. The summed E-state index contributed by atoms with van der Waals surface area (Å²) >= 11 is 0. The molecule has 1 aliphatic heterocycles. The smallest absolute Gasteiger partial charge is 0.243 e. The van der Waals surface area contributed by atoms with Gasteiger partial charge in [0.15, 0.2) is 0 Å². The van der Waals surface area contributed by atoms with Gasteiger partial charge in [-0.05, 0) is 19.8 Å². The van der Waals surface area contributed by atoms with E-state index in [1.807, 2.05) is 6.92 Å². The molecule has 0 bridgehead atoms. The number of hydrogen-bond donors (Lipinski definition) is 2. The summed E-state index contributed by atoms with van der Waals surface area (Å²) < 4.78 is 0. The van der Waals surface area contributed by atoms with Crippen LogP contribution in [-0.2, 0) is 9.59 Å². The summed E-state index contributed by atoms with van der Waals surface area (Å²) in [5.41, 5.74) is 10.2.